The summed E-state index contributed by atoms with van der Waals surface area (Å²) in [6.07, 6.45) is 7.79. The molecule has 0 N–H and O–H groups in total. The Balaban J connectivity index is 1.96. The van der Waals surface area contributed by atoms with Gasteiger partial charge in [0, 0.05) is 16.3 Å². The van der Waals surface area contributed by atoms with Crippen LogP contribution in [0.2, 0.25) is 0 Å². The molecule has 110 valence electrons. The van der Waals surface area contributed by atoms with Gasteiger partial charge in [0.2, 0.25) is 0 Å². The lowest BCUT2D eigenvalue weighted by Crippen LogP contribution is -2.29. The summed E-state index contributed by atoms with van der Waals surface area (Å²) in [7, 11) is 0. The van der Waals surface area contributed by atoms with Crippen molar-refractivity contribution in [2.75, 3.05) is 11.9 Å². The third-order valence-corrected chi connectivity index (χ3v) is 5.44. The van der Waals surface area contributed by atoms with Gasteiger partial charge in [-0.3, -0.25) is 4.79 Å². The van der Waals surface area contributed by atoms with Crippen molar-refractivity contribution >= 4 is 21.7 Å². The highest BCUT2D eigenvalue weighted by atomic mass is 79.9. The third-order valence-electron chi connectivity index (χ3n) is 4.25. The van der Waals surface area contributed by atoms with Crippen molar-refractivity contribution in [3.63, 3.8) is 0 Å². The molecular formula is C17H23BrO2. The number of benzene rings is 1. The molecule has 20 heavy (non-hydrogen) atoms. The molecule has 1 saturated carbocycles. The minimum absolute atomic E-state index is 0.0947. The van der Waals surface area contributed by atoms with Crippen molar-refractivity contribution in [2.45, 2.75) is 45.4 Å². The normalized spacial score (nSPS) is 18.3. The van der Waals surface area contributed by atoms with Gasteiger partial charge in [0.15, 0.2) is 5.78 Å². The largest absolute Gasteiger partial charge is 0.493 e. The second-order valence-electron chi connectivity index (χ2n) is 5.92. The van der Waals surface area contributed by atoms with Crippen LogP contribution in [-0.4, -0.2) is 17.7 Å². The second-order valence-corrected chi connectivity index (χ2v) is 6.48. The Morgan fingerprint density at radius 1 is 1.15 bits per heavy atom. The summed E-state index contributed by atoms with van der Waals surface area (Å²) in [5.41, 5.74) is 1.01. The van der Waals surface area contributed by atoms with Crippen molar-refractivity contribution in [3.05, 3.63) is 29.8 Å². The predicted molar refractivity (Wildman–Crippen MR) is 85.9 cm³/mol. The standard InChI is InChI=1S/C17H23BrO2/c1-14(19)15-6-8-16(9-7-15)20-13-17(12-18)10-4-2-3-5-11-17/h6-9H,2-5,10-13H2,1H3. The molecule has 1 aromatic rings. The lowest BCUT2D eigenvalue weighted by Gasteiger charge is -2.30. The van der Waals surface area contributed by atoms with E-state index in [9.17, 15) is 4.79 Å². The molecule has 3 heteroatoms. The summed E-state index contributed by atoms with van der Waals surface area (Å²) < 4.78 is 5.99. The molecule has 0 spiro atoms. The Morgan fingerprint density at radius 2 is 1.75 bits per heavy atom. The second kappa shape index (κ2) is 7.26. The van der Waals surface area contributed by atoms with E-state index in [0.29, 0.717) is 0 Å². The first kappa shape index (κ1) is 15.6. The number of carbonyl (C=O) groups is 1. The highest BCUT2D eigenvalue weighted by Crippen LogP contribution is 2.37. The fraction of sp³-hybridized carbons (Fsp3) is 0.588. The fourth-order valence-electron chi connectivity index (χ4n) is 2.82. The number of ketones is 1. The number of halogens is 1. The van der Waals surface area contributed by atoms with Crippen LogP contribution in [0.15, 0.2) is 24.3 Å². The van der Waals surface area contributed by atoms with Crippen LogP contribution in [0.3, 0.4) is 0 Å². The van der Waals surface area contributed by atoms with E-state index >= 15 is 0 Å². The number of hydrogen-bond acceptors (Lipinski definition) is 2. The summed E-state index contributed by atoms with van der Waals surface area (Å²) in [6.45, 7) is 2.35. The number of alkyl halides is 1. The van der Waals surface area contributed by atoms with E-state index in [1.807, 2.05) is 24.3 Å². The van der Waals surface area contributed by atoms with Crippen molar-refractivity contribution in [1.82, 2.24) is 0 Å². The van der Waals surface area contributed by atoms with Crippen molar-refractivity contribution < 1.29 is 9.53 Å². The summed E-state index contributed by atoms with van der Waals surface area (Å²) in [5.74, 6) is 0.955. The van der Waals surface area contributed by atoms with Gasteiger partial charge < -0.3 is 4.74 Å². The van der Waals surface area contributed by atoms with Gasteiger partial charge in [0.25, 0.3) is 0 Å². The average Bonchev–Trinajstić information content (AvgIpc) is 2.72. The minimum Gasteiger partial charge on any atom is -0.493 e. The van der Waals surface area contributed by atoms with Gasteiger partial charge in [-0.2, -0.15) is 0 Å². The zero-order chi connectivity index (χ0) is 14.4. The van der Waals surface area contributed by atoms with E-state index in [0.717, 1.165) is 23.2 Å². The van der Waals surface area contributed by atoms with Crippen LogP contribution in [-0.2, 0) is 0 Å². The SMILES string of the molecule is CC(=O)c1ccc(OCC2(CBr)CCCCCC2)cc1. The van der Waals surface area contributed by atoms with E-state index in [4.69, 9.17) is 4.74 Å². The monoisotopic (exact) mass is 338 g/mol. The number of ether oxygens (including phenoxy) is 1. The number of carbonyl (C=O) groups excluding carboxylic acids is 1. The molecule has 2 nitrogen and oxygen atoms in total. The van der Waals surface area contributed by atoms with Crippen LogP contribution in [0.5, 0.6) is 5.75 Å². The summed E-state index contributed by atoms with van der Waals surface area (Å²) in [4.78, 5) is 11.3. The first-order valence-electron chi connectivity index (χ1n) is 7.45. The summed E-state index contributed by atoms with van der Waals surface area (Å²) in [6, 6.07) is 7.47. The van der Waals surface area contributed by atoms with Crippen LogP contribution in [0.25, 0.3) is 0 Å². The van der Waals surface area contributed by atoms with E-state index in [1.165, 1.54) is 38.5 Å². The first-order valence-corrected chi connectivity index (χ1v) is 8.57. The molecule has 0 heterocycles. The van der Waals surface area contributed by atoms with Crippen LogP contribution >= 0.6 is 15.9 Å². The van der Waals surface area contributed by atoms with Gasteiger partial charge in [0.05, 0.1) is 6.61 Å². The molecule has 2 rings (SSSR count). The molecule has 0 saturated heterocycles. The number of rotatable bonds is 5. The van der Waals surface area contributed by atoms with Crippen LogP contribution in [0.4, 0.5) is 0 Å². The van der Waals surface area contributed by atoms with Gasteiger partial charge in [-0.05, 0) is 44.0 Å². The molecule has 1 fully saturated rings. The Kier molecular flexibility index (Phi) is 5.64. The Labute approximate surface area is 130 Å². The smallest absolute Gasteiger partial charge is 0.159 e. The molecule has 1 aliphatic rings. The van der Waals surface area contributed by atoms with Crippen molar-refractivity contribution in [1.29, 1.82) is 0 Å². The fourth-order valence-corrected chi connectivity index (χ4v) is 3.54. The molecule has 1 aliphatic carbocycles. The highest BCUT2D eigenvalue weighted by Gasteiger charge is 2.30. The van der Waals surface area contributed by atoms with Gasteiger partial charge in [-0.15, -0.1) is 0 Å². The lowest BCUT2D eigenvalue weighted by atomic mass is 9.83. The molecule has 0 bridgehead atoms. The Bertz CT molecular complexity index is 431. The minimum atomic E-state index is 0.0947. The number of hydrogen-bond donors (Lipinski definition) is 0. The molecule has 0 amide bonds. The molecular weight excluding hydrogens is 316 g/mol. The van der Waals surface area contributed by atoms with E-state index in [2.05, 4.69) is 15.9 Å². The molecule has 0 unspecified atom stereocenters. The van der Waals surface area contributed by atoms with Gasteiger partial charge in [0.1, 0.15) is 5.75 Å². The quantitative estimate of drug-likeness (QED) is 0.428. The van der Waals surface area contributed by atoms with E-state index in [1.54, 1.807) is 6.92 Å². The average molecular weight is 339 g/mol. The first-order chi connectivity index (χ1) is 9.65. The molecule has 0 atom stereocenters. The van der Waals surface area contributed by atoms with Crippen LogP contribution in [0.1, 0.15) is 55.8 Å². The predicted octanol–water partition coefficient (Wildman–Crippen LogP) is 5.00. The maximum atomic E-state index is 11.3. The van der Waals surface area contributed by atoms with Crippen molar-refractivity contribution in [3.8, 4) is 5.75 Å². The number of Topliss-reactive ketones (excluding diaryl/α,β-unsaturated/α-hetero) is 1. The molecule has 0 radical (unpaired) electrons. The van der Waals surface area contributed by atoms with Crippen LogP contribution in [0, 0.1) is 5.41 Å². The van der Waals surface area contributed by atoms with Crippen LogP contribution < -0.4 is 4.74 Å². The zero-order valence-electron chi connectivity index (χ0n) is 12.2. The molecule has 1 aromatic carbocycles. The summed E-state index contributed by atoms with van der Waals surface area (Å²) >= 11 is 3.68. The van der Waals surface area contributed by atoms with Gasteiger partial charge >= 0.3 is 0 Å². The van der Waals surface area contributed by atoms with Crippen molar-refractivity contribution in [2.24, 2.45) is 5.41 Å². The van der Waals surface area contributed by atoms with Gasteiger partial charge in [-0.25, -0.2) is 0 Å². The molecule has 0 aliphatic heterocycles. The van der Waals surface area contributed by atoms with Gasteiger partial charge in [-0.1, -0.05) is 41.6 Å². The maximum Gasteiger partial charge on any atom is 0.159 e. The topological polar surface area (TPSA) is 26.3 Å². The lowest BCUT2D eigenvalue weighted by molar-refractivity contribution is 0.101. The zero-order valence-corrected chi connectivity index (χ0v) is 13.7. The Hall–Kier alpha value is -0.830. The van der Waals surface area contributed by atoms with E-state index < -0.39 is 0 Å². The summed E-state index contributed by atoms with van der Waals surface area (Å²) in [5, 5.41) is 1.01. The molecule has 0 aromatic heterocycles. The maximum absolute atomic E-state index is 11.3. The Morgan fingerprint density at radius 3 is 2.25 bits per heavy atom. The van der Waals surface area contributed by atoms with E-state index in [-0.39, 0.29) is 11.2 Å². The highest BCUT2D eigenvalue weighted by molar-refractivity contribution is 9.09. The third kappa shape index (κ3) is 4.08.